The van der Waals surface area contributed by atoms with Crippen LogP contribution in [0.25, 0.3) is 0 Å². The lowest BCUT2D eigenvalue weighted by atomic mass is 9.73. The van der Waals surface area contributed by atoms with Gasteiger partial charge in [0.05, 0.1) is 6.04 Å². The number of ketones is 2. The lowest BCUT2D eigenvalue weighted by Gasteiger charge is -2.32. The molecular weight excluding hydrogens is 409 g/mol. The topological polar surface area (TPSA) is 63.2 Å². The summed E-state index contributed by atoms with van der Waals surface area (Å²) in [6, 6.07) is 3.10. The summed E-state index contributed by atoms with van der Waals surface area (Å²) in [5.74, 6) is -1.12. The molecule has 0 spiro atoms. The molecule has 3 rings (SSSR count). The van der Waals surface area contributed by atoms with Gasteiger partial charge in [0.2, 0.25) is 0 Å². The van der Waals surface area contributed by atoms with Gasteiger partial charge in [-0.05, 0) is 41.9 Å². The number of Topliss-reactive ketones (excluding diaryl/α,β-unsaturated/α-hetero) is 1. The van der Waals surface area contributed by atoms with Gasteiger partial charge >= 0.3 is 0 Å². The van der Waals surface area contributed by atoms with E-state index in [0.717, 1.165) is 18.4 Å². The Morgan fingerprint density at radius 1 is 1.15 bits per heavy atom. The quantitative estimate of drug-likeness (QED) is 0.647. The summed E-state index contributed by atoms with van der Waals surface area (Å²) >= 11 is 17.0. The number of allylic oxidation sites excluding steroid dienone is 2. The lowest BCUT2D eigenvalue weighted by molar-refractivity contribution is -0.121. The minimum Gasteiger partial charge on any atom is -0.346 e. The summed E-state index contributed by atoms with van der Waals surface area (Å²) in [7, 11) is 0. The molecule has 7 heteroatoms. The number of rotatable bonds is 1. The van der Waals surface area contributed by atoms with Crippen LogP contribution in [0, 0.1) is 5.41 Å². The molecule has 1 aromatic carbocycles. The highest BCUT2D eigenvalue weighted by Crippen LogP contribution is 2.40. The number of aryl methyl sites for hydroxylation is 1. The van der Waals surface area contributed by atoms with E-state index in [2.05, 4.69) is 5.32 Å². The van der Waals surface area contributed by atoms with Crippen molar-refractivity contribution in [1.29, 1.82) is 0 Å². The Morgan fingerprint density at radius 3 is 2.41 bits per heavy atom. The van der Waals surface area contributed by atoms with E-state index in [1.165, 1.54) is 6.08 Å². The Hall–Kier alpha value is -1.36. The number of hydrogen-bond donors (Lipinski definition) is 1. The Morgan fingerprint density at radius 2 is 1.81 bits per heavy atom. The fraction of sp³-hybridized carbons (Fsp3) is 0.450. The van der Waals surface area contributed by atoms with Crippen molar-refractivity contribution in [2.24, 2.45) is 5.41 Å². The van der Waals surface area contributed by atoms with Crippen LogP contribution in [-0.2, 0) is 11.2 Å². The van der Waals surface area contributed by atoms with Crippen LogP contribution in [0.15, 0.2) is 23.8 Å². The summed E-state index contributed by atoms with van der Waals surface area (Å²) < 4.78 is -2.09. The number of nitrogens with one attached hydrogen (secondary N) is 1. The third kappa shape index (κ3) is 3.80. The smallest absolute Gasteiger partial charge is 0.272 e. The number of benzene rings is 1. The number of carbonyl (C=O) groups is 3. The first-order chi connectivity index (χ1) is 12.4. The maximum atomic E-state index is 13.0. The monoisotopic (exact) mass is 427 g/mol. The molecular formula is C20H20Cl3NO3. The van der Waals surface area contributed by atoms with Crippen LogP contribution < -0.4 is 5.32 Å². The van der Waals surface area contributed by atoms with E-state index >= 15 is 0 Å². The molecule has 2 aliphatic rings. The molecule has 2 aliphatic carbocycles. The molecule has 1 atom stereocenters. The van der Waals surface area contributed by atoms with Crippen LogP contribution in [-0.4, -0.2) is 21.3 Å². The van der Waals surface area contributed by atoms with E-state index < -0.39 is 21.2 Å². The minimum atomic E-state index is -2.09. The van der Waals surface area contributed by atoms with Crippen LogP contribution in [0.1, 0.15) is 71.5 Å². The first kappa shape index (κ1) is 20.4. The Bertz CT molecular complexity index is 876. The number of halogens is 3. The predicted molar refractivity (Wildman–Crippen MR) is 107 cm³/mol. The van der Waals surface area contributed by atoms with Crippen molar-refractivity contribution in [2.75, 3.05) is 0 Å². The van der Waals surface area contributed by atoms with Gasteiger partial charge in [-0.25, -0.2) is 0 Å². The van der Waals surface area contributed by atoms with Crippen molar-refractivity contribution in [3.63, 3.8) is 0 Å². The molecule has 1 amide bonds. The Kier molecular flexibility index (Phi) is 5.21. The van der Waals surface area contributed by atoms with E-state index in [-0.39, 0.29) is 11.6 Å². The molecule has 144 valence electrons. The third-order valence-corrected chi connectivity index (χ3v) is 5.52. The second kappa shape index (κ2) is 6.91. The van der Waals surface area contributed by atoms with Crippen LogP contribution in [0.3, 0.4) is 0 Å². The molecule has 27 heavy (non-hydrogen) atoms. The zero-order chi connectivity index (χ0) is 20.1. The highest BCUT2D eigenvalue weighted by molar-refractivity contribution is 6.76. The van der Waals surface area contributed by atoms with Gasteiger partial charge in [0.15, 0.2) is 11.6 Å². The first-order valence-electron chi connectivity index (χ1n) is 8.76. The van der Waals surface area contributed by atoms with Crippen molar-refractivity contribution >= 4 is 52.3 Å². The van der Waals surface area contributed by atoms with E-state index in [4.69, 9.17) is 34.8 Å². The molecule has 0 radical (unpaired) electrons. The van der Waals surface area contributed by atoms with Gasteiger partial charge in [-0.3, -0.25) is 14.4 Å². The SMILES string of the molecule is CC(C)(C)C1=CC(=O)c2c(ccc3c2C(NC(=O)C(Cl)(Cl)Cl)CCC3)C1=O. The summed E-state index contributed by atoms with van der Waals surface area (Å²) in [6.45, 7) is 5.70. The minimum absolute atomic E-state index is 0.156. The average Bonchev–Trinajstić information content (AvgIpc) is 2.55. The van der Waals surface area contributed by atoms with Gasteiger partial charge in [-0.1, -0.05) is 67.7 Å². The highest BCUT2D eigenvalue weighted by atomic mass is 35.6. The zero-order valence-corrected chi connectivity index (χ0v) is 17.6. The number of alkyl halides is 3. The van der Waals surface area contributed by atoms with E-state index in [1.807, 2.05) is 26.8 Å². The average molecular weight is 429 g/mol. The normalized spacial score (nSPS) is 19.9. The Labute approximate surface area is 173 Å². The van der Waals surface area contributed by atoms with Crippen LogP contribution in [0.4, 0.5) is 0 Å². The van der Waals surface area contributed by atoms with Gasteiger partial charge in [0.25, 0.3) is 9.70 Å². The second-order valence-corrected chi connectivity index (χ2v) is 10.3. The fourth-order valence-corrected chi connectivity index (χ4v) is 3.89. The van der Waals surface area contributed by atoms with Crippen molar-refractivity contribution in [2.45, 2.75) is 49.9 Å². The second-order valence-electron chi connectivity index (χ2n) is 7.98. The maximum absolute atomic E-state index is 13.0. The summed E-state index contributed by atoms with van der Waals surface area (Å²) in [5.41, 5.74) is 2.38. The molecule has 0 aliphatic heterocycles. The lowest BCUT2D eigenvalue weighted by Crippen LogP contribution is -2.39. The van der Waals surface area contributed by atoms with Gasteiger partial charge in [0, 0.05) is 16.7 Å². The summed E-state index contributed by atoms with van der Waals surface area (Å²) in [6.07, 6.45) is 3.61. The fourth-order valence-electron chi connectivity index (χ4n) is 3.73. The van der Waals surface area contributed by atoms with E-state index in [1.54, 1.807) is 6.07 Å². The zero-order valence-electron chi connectivity index (χ0n) is 15.3. The first-order valence-corrected chi connectivity index (χ1v) is 9.89. The van der Waals surface area contributed by atoms with E-state index in [0.29, 0.717) is 28.7 Å². The molecule has 0 bridgehead atoms. The van der Waals surface area contributed by atoms with Crippen molar-refractivity contribution in [3.05, 3.63) is 46.0 Å². The standard InChI is InChI=1S/C20H20Cl3NO3/c1-19(2,3)12-9-14(25)16-11(17(12)26)8-7-10-5-4-6-13(15(10)16)24-18(27)20(21,22)23/h7-9,13H,4-6H2,1-3H3,(H,24,27). The van der Waals surface area contributed by atoms with Crippen molar-refractivity contribution < 1.29 is 14.4 Å². The largest absolute Gasteiger partial charge is 0.346 e. The number of fused-ring (bicyclic) bond motifs is 3. The third-order valence-electron chi connectivity index (χ3n) is 5.01. The molecule has 0 saturated heterocycles. The maximum Gasteiger partial charge on any atom is 0.272 e. The number of hydrogen-bond acceptors (Lipinski definition) is 3. The molecule has 0 fully saturated rings. The molecule has 1 aromatic rings. The van der Waals surface area contributed by atoms with Crippen molar-refractivity contribution in [1.82, 2.24) is 5.32 Å². The van der Waals surface area contributed by atoms with Crippen LogP contribution >= 0.6 is 34.8 Å². The molecule has 0 heterocycles. The predicted octanol–water partition coefficient (Wildman–Crippen LogP) is 4.90. The molecule has 0 aromatic heterocycles. The molecule has 0 saturated carbocycles. The van der Waals surface area contributed by atoms with Crippen LogP contribution in [0.2, 0.25) is 0 Å². The number of amides is 1. The summed E-state index contributed by atoms with van der Waals surface area (Å²) in [5, 5.41) is 2.72. The van der Waals surface area contributed by atoms with Gasteiger partial charge in [-0.15, -0.1) is 0 Å². The van der Waals surface area contributed by atoms with Crippen LogP contribution in [0.5, 0.6) is 0 Å². The van der Waals surface area contributed by atoms with Gasteiger partial charge in [-0.2, -0.15) is 0 Å². The molecule has 1 N–H and O–H groups in total. The molecule has 1 unspecified atom stereocenters. The summed E-state index contributed by atoms with van der Waals surface area (Å²) in [4.78, 5) is 38.1. The molecule has 4 nitrogen and oxygen atoms in total. The Balaban J connectivity index is 2.11. The number of carbonyl (C=O) groups excluding carboxylic acids is 3. The van der Waals surface area contributed by atoms with Gasteiger partial charge < -0.3 is 5.32 Å². The van der Waals surface area contributed by atoms with Gasteiger partial charge in [0.1, 0.15) is 0 Å². The van der Waals surface area contributed by atoms with Crippen molar-refractivity contribution in [3.8, 4) is 0 Å². The van der Waals surface area contributed by atoms with E-state index in [9.17, 15) is 14.4 Å². The highest BCUT2D eigenvalue weighted by Gasteiger charge is 2.39.